The van der Waals surface area contributed by atoms with Gasteiger partial charge in [-0.05, 0) is 13.8 Å². The Bertz CT molecular complexity index is 203. The van der Waals surface area contributed by atoms with E-state index in [-0.39, 0.29) is 12.0 Å². The summed E-state index contributed by atoms with van der Waals surface area (Å²) in [5.74, 6) is -0.618. The molecule has 0 saturated heterocycles. The summed E-state index contributed by atoms with van der Waals surface area (Å²) < 4.78 is 25.5. The predicted octanol–water partition coefficient (Wildman–Crippen LogP) is 2.73. The monoisotopic (exact) mass is 174 g/mol. The summed E-state index contributed by atoms with van der Waals surface area (Å²) in [5, 5.41) is 0. The Hall–Kier alpha value is -0.990. The van der Waals surface area contributed by atoms with E-state index >= 15 is 0 Å². The van der Waals surface area contributed by atoms with Crippen molar-refractivity contribution < 1.29 is 13.6 Å². The number of rotatable bonds is 4. The van der Waals surface area contributed by atoms with Crippen molar-refractivity contribution >= 4 is 6.29 Å². The molecule has 0 fully saturated rings. The van der Waals surface area contributed by atoms with Gasteiger partial charge in [-0.1, -0.05) is 12.2 Å². The fourth-order valence-corrected chi connectivity index (χ4v) is 0.818. The second-order valence-corrected chi connectivity index (χ2v) is 2.36. The Kier molecular flexibility index (Phi) is 5.17. The minimum atomic E-state index is -1.48. The Morgan fingerprint density at radius 1 is 1.58 bits per heavy atom. The Labute approximate surface area is 70.8 Å². The fourth-order valence-electron chi connectivity index (χ4n) is 0.818. The topological polar surface area (TPSA) is 17.1 Å². The quantitative estimate of drug-likeness (QED) is 0.473. The summed E-state index contributed by atoms with van der Waals surface area (Å²) in [7, 11) is 0. The van der Waals surface area contributed by atoms with Gasteiger partial charge < -0.3 is 4.79 Å². The maximum absolute atomic E-state index is 13.0. The van der Waals surface area contributed by atoms with E-state index in [0.29, 0.717) is 6.29 Å². The highest BCUT2D eigenvalue weighted by atomic mass is 19.1. The lowest BCUT2D eigenvalue weighted by Gasteiger charge is -2.05. The summed E-state index contributed by atoms with van der Waals surface area (Å²) in [6.45, 7) is 2.79. The van der Waals surface area contributed by atoms with Crippen LogP contribution in [0.4, 0.5) is 8.78 Å². The van der Waals surface area contributed by atoms with Gasteiger partial charge >= 0.3 is 0 Å². The minimum Gasteiger partial charge on any atom is -0.303 e. The first kappa shape index (κ1) is 11.0. The number of hydrogen-bond donors (Lipinski definition) is 0. The van der Waals surface area contributed by atoms with Crippen LogP contribution in [-0.2, 0) is 4.79 Å². The molecule has 1 atom stereocenters. The first-order valence-corrected chi connectivity index (χ1v) is 3.69. The van der Waals surface area contributed by atoms with Crippen molar-refractivity contribution in [1.29, 1.82) is 0 Å². The summed E-state index contributed by atoms with van der Waals surface area (Å²) in [6, 6.07) is 0. The molecule has 0 rings (SSSR count). The van der Waals surface area contributed by atoms with Crippen molar-refractivity contribution in [3.05, 3.63) is 23.6 Å². The SMILES string of the molecule is CC=CC(F)/C(CC=O)=C(\C)F. The van der Waals surface area contributed by atoms with Crippen molar-refractivity contribution in [1.82, 2.24) is 0 Å². The zero-order chi connectivity index (χ0) is 9.56. The standard InChI is InChI=1S/C9H12F2O/c1-3-4-9(11)8(5-6-12)7(2)10/h3-4,6,9H,5H2,1-2H3/b4-3?,8-7+. The van der Waals surface area contributed by atoms with E-state index in [1.807, 2.05) is 0 Å². The van der Waals surface area contributed by atoms with Gasteiger partial charge in [-0.2, -0.15) is 0 Å². The molecular formula is C9H12F2O. The molecule has 0 aromatic carbocycles. The number of carbonyl (C=O) groups excluding carboxylic acids is 1. The van der Waals surface area contributed by atoms with Crippen LogP contribution in [0.25, 0.3) is 0 Å². The van der Waals surface area contributed by atoms with Gasteiger partial charge in [0, 0.05) is 12.0 Å². The number of aldehydes is 1. The summed E-state index contributed by atoms with van der Waals surface area (Å²) >= 11 is 0. The van der Waals surface area contributed by atoms with E-state index in [1.54, 1.807) is 6.92 Å². The molecule has 12 heavy (non-hydrogen) atoms. The number of allylic oxidation sites excluding steroid dienone is 4. The molecule has 0 spiro atoms. The molecule has 0 amide bonds. The highest BCUT2D eigenvalue weighted by Gasteiger charge is 2.11. The van der Waals surface area contributed by atoms with E-state index in [4.69, 9.17) is 0 Å². The van der Waals surface area contributed by atoms with Crippen molar-refractivity contribution in [2.24, 2.45) is 0 Å². The van der Waals surface area contributed by atoms with Crippen molar-refractivity contribution in [2.75, 3.05) is 0 Å². The van der Waals surface area contributed by atoms with Gasteiger partial charge in [0.25, 0.3) is 0 Å². The van der Waals surface area contributed by atoms with Crippen molar-refractivity contribution in [3.63, 3.8) is 0 Å². The van der Waals surface area contributed by atoms with Crippen LogP contribution in [-0.4, -0.2) is 12.5 Å². The first-order valence-electron chi connectivity index (χ1n) is 3.69. The van der Waals surface area contributed by atoms with E-state index in [9.17, 15) is 13.6 Å². The zero-order valence-electron chi connectivity index (χ0n) is 7.18. The Balaban J connectivity index is 4.52. The maximum atomic E-state index is 13.0. The lowest BCUT2D eigenvalue weighted by molar-refractivity contribution is -0.107. The van der Waals surface area contributed by atoms with Gasteiger partial charge in [0.05, 0.1) is 5.83 Å². The third-order valence-electron chi connectivity index (χ3n) is 1.44. The fraction of sp³-hybridized carbons (Fsp3) is 0.444. The highest BCUT2D eigenvalue weighted by Crippen LogP contribution is 2.17. The number of carbonyl (C=O) groups is 1. The van der Waals surface area contributed by atoms with Crippen LogP contribution in [0, 0.1) is 0 Å². The Morgan fingerprint density at radius 2 is 2.17 bits per heavy atom. The van der Waals surface area contributed by atoms with Gasteiger partial charge in [-0.25, -0.2) is 8.78 Å². The van der Waals surface area contributed by atoms with Gasteiger partial charge in [0.15, 0.2) is 0 Å². The normalized spacial score (nSPS) is 16.0. The first-order chi connectivity index (χ1) is 5.63. The molecule has 0 saturated carbocycles. The van der Waals surface area contributed by atoms with Crippen LogP contribution in [0.3, 0.4) is 0 Å². The highest BCUT2D eigenvalue weighted by molar-refractivity contribution is 5.55. The van der Waals surface area contributed by atoms with Gasteiger partial charge in [-0.3, -0.25) is 0 Å². The molecule has 0 aliphatic rings. The predicted molar refractivity (Wildman–Crippen MR) is 44.2 cm³/mol. The molecule has 68 valence electrons. The molecule has 0 heterocycles. The smallest absolute Gasteiger partial charge is 0.143 e. The zero-order valence-corrected chi connectivity index (χ0v) is 7.18. The molecular weight excluding hydrogens is 162 g/mol. The van der Waals surface area contributed by atoms with Crippen LogP contribution in [0.2, 0.25) is 0 Å². The third-order valence-corrected chi connectivity index (χ3v) is 1.44. The molecule has 1 nitrogen and oxygen atoms in total. The van der Waals surface area contributed by atoms with E-state index in [1.165, 1.54) is 12.2 Å². The molecule has 0 N–H and O–H groups in total. The molecule has 0 aromatic rings. The number of hydrogen-bond acceptors (Lipinski definition) is 1. The second-order valence-electron chi connectivity index (χ2n) is 2.36. The number of halogens is 2. The summed E-state index contributed by atoms with van der Waals surface area (Å²) in [6.07, 6.45) is 1.52. The summed E-state index contributed by atoms with van der Waals surface area (Å²) in [5.41, 5.74) is -0.0944. The molecule has 0 aliphatic heterocycles. The lowest BCUT2D eigenvalue weighted by atomic mass is 10.1. The maximum Gasteiger partial charge on any atom is 0.143 e. The second kappa shape index (κ2) is 5.63. The van der Waals surface area contributed by atoms with Crippen molar-refractivity contribution in [3.8, 4) is 0 Å². The molecule has 0 bridgehead atoms. The van der Waals surface area contributed by atoms with E-state index in [0.717, 1.165) is 6.92 Å². The molecule has 3 heteroatoms. The van der Waals surface area contributed by atoms with Gasteiger partial charge in [0.2, 0.25) is 0 Å². The Morgan fingerprint density at radius 3 is 2.50 bits per heavy atom. The van der Waals surface area contributed by atoms with Crippen LogP contribution < -0.4 is 0 Å². The van der Waals surface area contributed by atoms with E-state index in [2.05, 4.69) is 0 Å². The van der Waals surface area contributed by atoms with Crippen molar-refractivity contribution in [2.45, 2.75) is 26.4 Å². The van der Waals surface area contributed by atoms with Gasteiger partial charge in [0.1, 0.15) is 12.5 Å². The summed E-state index contributed by atoms with van der Waals surface area (Å²) in [4.78, 5) is 10.0. The molecule has 0 aliphatic carbocycles. The molecule has 0 radical (unpaired) electrons. The van der Waals surface area contributed by atoms with E-state index < -0.39 is 12.0 Å². The van der Waals surface area contributed by atoms with Crippen LogP contribution >= 0.6 is 0 Å². The van der Waals surface area contributed by atoms with Crippen LogP contribution in [0.5, 0.6) is 0 Å². The largest absolute Gasteiger partial charge is 0.303 e. The minimum absolute atomic E-state index is 0.0944. The average Bonchev–Trinajstić information content (AvgIpc) is 1.99. The average molecular weight is 174 g/mol. The van der Waals surface area contributed by atoms with Gasteiger partial charge in [-0.15, -0.1) is 0 Å². The van der Waals surface area contributed by atoms with Crippen LogP contribution in [0.15, 0.2) is 23.6 Å². The number of alkyl halides is 1. The van der Waals surface area contributed by atoms with Crippen LogP contribution in [0.1, 0.15) is 20.3 Å². The lowest BCUT2D eigenvalue weighted by Crippen LogP contribution is -2.03. The molecule has 0 aromatic heterocycles. The molecule has 1 unspecified atom stereocenters. The third kappa shape index (κ3) is 3.42.